The van der Waals surface area contributed by atoms with Gasteiger partial charge in [-0.25, -0.2) is 4.39 Å². The van der Waals surface area contributed by atoms with E-state index < -0.39 is 29.6 Å². The lowest BCUT2D eigenvalue weighted by Gasteiger charge is -2.38. The smallest absolute Gasteiger partial charge is 0.313 e. The number of aromatic nitrogens is 1. The van der Waals surface area contributed by atoms with Crippen LogP contribution in [-0.2, 0) is 9.59 Å². The zero-order valence-corrected chi connectivity index (χ0v) is 15.3. The molecule has 0 aliphatic carbocycles. The van der Waals surface area contributed by atoms with Gasteiger partial charge >= 0.3 is 11.8 Å². The minimum atomic E-state index is -1.48. The number of nitrogens with one attached hydrogen (secondary N) is 1. The number of piperidine rings is 1. The third-order valence-corrected chi connectivity index (χ3v) is 4.59. The molecule has 8 heteroatoms. The molecule has 3 rings (SSSR count). The van der Waals surface area contributed by atoms with Crippen LogP contribution >= 0.6 is 0 Å². The lowest BCUT2D eigenvalue weighted by molar-refractivity contribution is -0.146. The summed E-state index contributed by atoms with van der Waals surface area (Å²) in [6.45, 7) is 2.15. The number of carbonyl (C=O) groups excluding carboxylic acids is 3. The Morgan fingerprint density at radius 3 is 2.64 bits per heavy atom. The van der Waals surface area contributed by atoms with Crippen molar-refractivity contribution in [2.45, 2.75) is 25.8 Å². The maximum atomic E-state index is 13.3. The van der Waals surface area contributed by atoms with Crippen LogP contribution < -0.4 is 11.1 Å². The highest BCUT2D eigenvalue weighted by Crippen LogP contribution is 2.33. The summed E-state index contributed by atoms with van der Waals surface area (Å²) in [7, 11) is 0. The molecule has 2 heterocycles. The Balaban J connectivity index is 1.85. The number of amides is 3. The number of nitrogens with zero attached hydrogens (tertiary/aromatic N) is 2. The third kappa shape index (κ3) is 4.33. The van der Waals surface area contributed by atoms with Gasteiger partial charge in [-0.2, -0.15) is 0 Å². The van der Waals surface area contributed by atoms with E-state index in [2.05, 4.69) is 10.3 Å². The highest BCUT2D eigenvalue weighted by Gasteiger charge is 2.34. The van der Waals surface area contributed by atoms with Gasteiger partial charge in [0, 0.05) is 12.7 Å². The molecule has 0 saturated carbocycles. The minimum Gasteiger partial charge on any atom is -0.366 e. The minimum absolute atomic E-state index is 0.0861. The summed E-state index contributed by atoms with van der Waals surface area (Å²) >= 11 is 0. The quantitative estimate of drug-likeness (QED) is 0.791. The molecule has 0 unspecified atom stereocenters. The molecule has 2 aromatic rings. The number of halogens is 1. The molecule has 0 bridgehead atoms. The fourth-order valence-electron chi connectivity index (χ4n) is 3.13. The summed E-state index contributed by atoms with van der Waals surface area (Å²) in [4.78, 5) is 41.8. The van der Waals surface area contributed by atoms with Crippen LogP contribution in [0.2, 0.25) is 0 Å². The number of benzene rings is 1. The van der Waals surface area contributed by atoms with E-state index in [0.29, 0.717) is 18.4 Å². The van der Waals surface area contributed by atoms with Crippen molar-refractivity contribution in [2.75, 3.05) is 11.9 Å². The van der Waals surface area contributed by atoms with Gasteiger partial charge in [-0.05, 0) is 42.5 Å². The van der Waals surface area contributed by atoms with E-state index in [-0.39, 0.29) is 23.7 Å². The van der Waals surface area contributed by atoms with Crippen molar-refractivity contribution >= 4 is 23.4 Å². The molecule has 1 fully saturated rings. The van der Waals surface area contributed by atoms with Crippen LogP contribution in [0.5, 0.6) is 0 Å². The number of primary amides is 1. The number of pyridine rings is 1. The molecule has 7 nitrogen and oxygen atoms in total. The van der Waals surface area contributed by atoms with E-state index in [1.165, 1.54) is 47.6 Å². The van der Waals surface area contributed by atoms with E-state index in [1.807, 2.05) is 6.92 Å². The molecule has 0 radical (unpaired) electrons. The Kier molecular flexibility index (Phi) is 5.27. The van der Waals surface area contributed by atoms with Crippen molar-refractivity contribution in [1.29, 1.82) is 0 Å². The van der Waals surface area contributed by atoms with Gasteiger partial charge in [-0.3, -0.25) is 19.4 Å². The van der Waals surface area contributed by atoms with Crippen LogP contribution in [0.3, 0.4) is 0 Å². The largest absolute Gasteiger partial charge is 0.366 e. The predicted octanol–water partition coefficient (Wildman–Crippen LogP) is 2.26. The monoisotopic (exact) mass is 385 g/mol. The molecule has 3 N–H and O–H groups in total. The lowest BCUT2D eigenvalue weighted by Crippen LogP contribution is -2.46. The second-order valence-corrected chi connectivity index (χ2v) is 6.79. The molecule has 1 aromatic heterocycles. The maximum Gasteiger partial charge on any atom is 0.313 e. The van der Waals surface area contributed by atoms with Gasteiger partial charge in [0.25, 0.3) is 0 Å². The Bertz CT molecular complexity index is 953. The van der Waals surface area contributed by atoms with Gasteiger partial charge in [0.2, 0.25) is 5.91 Å². The average Bonchev–Trinajstić information content (AvgIpc) is 2.70. The van der Waals surface area contributed by atoms with E-state index in [1.54, 1.807) is 0 Å². The highest BCUT2D eigenvalue weighted by molar-refractivity contribution is 6.39. The van der Waals surface area contributed by atoms with Crippen molar-refractivity contribution in [3.8, 4) is 0 Å². The third-order valence-electron chi connectivity index (χ3n) is 4.59. The van der Waals surface area contributed by atoms with Gasteiger partial charge in [0.1, 0.15) is 5.82 Å². The van der Waals surface area contributed by atoms with Crippen LogP contribution in [0.15, 0.2) is 42.7 Å². The van der Waals surface area contributed by atoms with E-state index >= 15 is 0 Å². The molecule has 0 spiro atoms. The molecule has 1 aromatic carbocycles. The zero-order valence-electron chi connectivity index (χ0n) is 16.3. The number of anilines is 1. The van der Waals surface area contributed by atoms with Crippen LogP contribution in [0, 0.1) is 11.7 Å². The van der Waals surface area contributed by atoms with Crippen molar-refractivity contribution in [1.82, 2.24) is 9.88 Å². The normalized spacial score (nSPS) is 22.3. The highest BCUT2D eigenvalue weighted by atomic mass is 19.1. The second-order valence-electron chi connectivity index (χ2n) is 6.79. The molecule has 28 heavy (non-hydrogen) atoms. The number of hydrogen-bond donors (Lipinski definition) is 2. The first-order valence-corrected chi connectivity index (χ1v) is 8.84. The molecule has 146 valence electrons. The lowest BCUT2D eigenvalue weighted by atomic mass is 9.90. The topological polar surface area (TPSA) is 105 Å². The SMILES string of the molecule is [2H][C@]1(c2ccc(F)cc2)CC[C@H](C)CN1C(=O)C(=O)Nc1cncc(C(N)=O)c1. The van der Waals surface area contributed by atoms with E-state index in [0.717, 1.165) is 0 Å². The van der Waals surface area contributed by atoms with Crippen LogP contribution in [-0.4, -0.2) is 34.2 Å². The second kappa shape index (κ2) is 8.16. The molecule has 1 aliphatic heterocycles. The van der Waals surface area contributed by atoms with Gasteiger partial charge in [-0.1, -0.05) is 19.1 Å². The number of hydrogen-bond acceptors (Lipinski definition) is 4. The molecule has 2 atom stereocenters. The maximum absolute atomic E-state index is 13.3. The first-order valence-electron chi connectivity index (χ1n) is 9.34. The first-order chi connectivity index (χ1) is 13.7. The Morgan fingerprint density at radius 2 is 1.96 bits per heavy atom. The number of likely N-dealkylation sites (tertiary alicyclic amines) is 1. The van der Waals surface area contributed by atoms with Gasteiger partial charge in [0.15, 0.2) is 0 Å². The fourth-order valence-corrected chi connectivity index (χ4v) is 3.13. The summed E-state index contributed by atoms with van der Waals surface area (Å²) < 4.78 is 22.2. The zero-order chi connectivity index (χ0) is 21.2. The number of rotatable bonds is 3. The van der Waals surface area contributed by atoms with Crippen molar-refractivity contribution < 1.29 is 20.1 Å². The van der Waals surface area contributed by atoms with E-state index in [9.17, 15) is 18.8 Å². The molecular formula is C20H21FN4O3. The summed E-state index contributed by atoms with van der Waals surface area (Å²) in [6, 6.07) is 5.20. The Labute approximate surface area is 163 Å². The Hall–Kier alpha value is -3.29. The number of nitrogens with two attached hydrogens (primary N) is 1. The molecule has 1 aliphatic rings. The molecular weight excluding hydrogens is 363 g/mol. The standard InChI is InChI=1S/C20H21FN4O3/c1-12-2-7-17(13-3-5-15(21)6-4-13)25(11-12)20(28)19(27)24-16-8-14(18(22)26)9-23-10-16/h3-6,8-10,12,17H,2,7,11H2,1H3,(H2,22,26)(H,24,27)/t12-,17+/m0/s1/i17D. The summed E-state index contributed by atoms with van der Waals surface area (Å²) in [5, 5.41) is 2.40. The van der Waals surface area contributed by atoms with Crippen LogP contribution in [0.4, 0.5) is 10.1 Å². The van der Waals surface area contributed by atoms with Crippen molar-refractivity contribution in [2.24, 2.45) is 11.7 Å². The van der Waals surface area contributed by atoms with Crippen LogP contribution in [0.25, 0.3) is 0 Å². The van der Waals surface area contributed by atoms with Crippen molar-refractivity contribution in [3.63, 3.8) is 0 Å². The molecule has 3 amide bonds. The molecule has 1 saturated heterocycles. The Morgan fingerprint density at radius 1 is 1.25 bits per heavy atom. The van der Waals surface area contributed by atoms with Gasteiger partial charge < -0.3 is 16.0 Å². The summed E-state index contributed by atoms with van der Waals surface area (Å²) in [6.07, 6.45) is 3.54. The van der Waals surface area contributed by atoms with Crippen molar-refractivity contribution in [3.05, 3.63) is 59.7 Å². The first kappa shape index (κ1) is 18.1. The fraction of sp³-hybridized carbons (Fsp3) is 0.300. The summed E-state index contributed by atoms with van der Waals surface area (Å²) in [5.41, 5.74) is 5.86. The van der Waals surface area contributed by atoms with Crippen LogP contribution in [0.1, 0.15) is 43.1 Å². The predicted molar refractivity (Wildman–Crippen MR) is 101 cm³/mol. The van der Waals surface area contributed by atoms with Gasteiger partial charge in [-0.15, -0.1) is 0 Å². The number of carbonyl (C=O) groups is 3. The average molecular weight is 385 g/mol. The van der Waals surface area contributed by atoms with Gasteiger partial charge in [0.05, 0.1) is 24.8 Å². The van der Waals surface area contributed by atoms with E-state index in [4.69, 9.17) is 7.10 Å². The summed E-state index contributed by atoms with van der Waals surface area (Å²) in [5.74, 6) is -2.91.